The van der Waals surface area contributed by atoms with E-state index in [-0.39, 0.29) is 0 Å². The van der Waals surface area contributed by atoms with Crippen LogP contribution in [-0.2, 0) is 7.05 Å². The van der Waals surface area contributed by atoms with Crippen molar-refractivity contribution in [1.29, 1.82) is 0 Å². The van der Waals surface area contributed by atoms with Gasteiger partial charge in [-0.25, -0.2) is 0 Å². The van der Waals surface area contributed by atoms with E-state index in [4.69, 9.17) is 5.73 Å². The number of nitrogens with two attached hydrogens (primary N) is 1. The van der Waals surface area contributed by atoms with E-state index in [1.54, 1.807) is 10.9 Å². The van der Waals surface area contributed by atoms with E-state index in [1.165, 1.54) is 0 Å². The highest BCUT2D eigenvalue weighted by atomic mass is 127. The molecule has 0 aliphatic heterocycles. The van der Waals surface area contributed by atoms with Crippen LogP contribution in [0, 0.1) is 3.57 Å². The molecule has 3 rings (SSSR count). The van der Waals surface area contributed by atoms with Crippen LogP contribution in [0.2, 0.25) is 0 Å². The van der Waals surface area contributed by atoms with Crippen LogP contribution in [0.3, 0.4) is 0 Å². The SMILES string of the molecule is Cn1nc(-c2cc(Br)ccc2I)c(-c2ccccn2)c1N. The highest BCUT2D eigenvalue weighted by Crippen LogP contribution is 2.37. The van der Waals surface area contributed by atoms with Crippen molar-refractivity contribution in [3.8, 4) is 22.5 Å². The third-order valence-corrected chi connectivity index (χ3v) is 4.63. The summed E-state index contributed by atoms with van der Waals surface area (Å²) in [6.45, 7) is 0. The van der Waals surface area contributed by atoms with Crippen molar-refractivity contribution in [2.45, 2.75) is 0 Å². The predicted octanol–water partition coefficient (Wildman–Crippen LogP) is 4.10. The summed E-state index contributed by atoms with van der Waals surface area (Å²) in [5, 5.41) is 4.58. The number of nitrogen functional groups attached to an aromatic ring is 1. The normalized spacial score (nSPS) is 10.8. The summed E-state index contributed by atoms with van der Waals surface area (Å²) in [4.78, 5) is 4.41. The molecule has 106 valence electrons. The lowest BCUT2D eigenvalue weighted by Crippen LogP contribution is -1.98. The van der Waals surface area contributed by atoms with Gasteiger partial charge in [-0.15, -0.1) is 0 Å². The Morgan fingerprint density at radius 1 is 1.24 bits per heavy atom. The lowest BCUT2D eigenvalue weighted by atomic mass is 10.0. The highest BCUT2D eigenvalue weighted by Gasteiger charge is 2.20. The summed E-state index contributed by atoms with van der Waals surface area (Å²) >= 11 is 5.82. The van der Waals surface area contributed by atoms with Crippen molar-refractivity contribution in [3.05, 3.63) is 50.6 Å². The van der Waals surface area contributed by atoms with E-state index in [1.807, 2.05) is 37.4 Å². The number of anilines is 1. The largest absolute Gasteiger partial charge is 0.383 e. The second kappa shape index (κ2) is 5.76. The second-order valence-corrected chi connectivity index (χ2v) is 6.65. The molecule has 2 heterocycles. The van der Waals surface area contributed by atoms with Crippen LogP contribution in [0.1, 0.15) is 0 Å². The molecule has 21 heavy (non-hydrogen) atoms. The Hall–Kier alpha value is -1.41. The molecule has 0 bridgehead atoms. The Bertz CT molecular complexity index is 799. The van der Waals surface area contributed by atoms with Gasteiger partial charge in [-0.1, -0.05) is 22.0 Å². The van der Waals surface area contributed by atoms with Crippen molar-refractivity contribution in [1.82, 2.24) is 14.8 Å². The molecule has 3 aromatic rings. The van der Waals surface area contributed by atoms with Crippen molar-refractivity contribution >= 4 is 44.3 Å². The summed E-state index contributed by atoms with van der Waals surface area (Å²) in [6, 6.07) is 11.9. The fraction of sp³-hybridized carbons (Fsp3) is 0.0667. The zero-order valence-electron chi connectivity index (χ0n) is 11.2. The van der Waals surface area contributed by atoms with Gasteiger partial charge in [0, 0.05) is 26.9 Å². The minimum absolute atomic E-state index is 0.611. The molecule has 0 aliphatic rings. The molecule has 0 saturated heterocycles. The van der Waals surface area contributed by atoms with Gasteiger partial charge in [0.1, 0.15) is 11.5 Å². The lowest BCUT2D eigenvalue weighted by Gasteiger charge is -2.06. The maximum absolute atomic E-state index is 6.21. The van der Waals surface area contributed by atoms with E-state index < -0.39 is 0 Å². The van der Waals surface area contributed by atoms with Gasteiger partial charge in [-0.2, -0.15) is 5.10 Å². The second-order valence-electron chi connectivity index (χ2n) is 4.57. The molecule has 0 spiro atoms. The van der Waals surface area contributed by atoms with Crippen LogP contribution in [0.4, 0.5) is 5.82 Å². The molecule has 0 amide bonds. The van der Waals surface area contributed by atoms with Crippen molar-refractivity contribution in [3.63, 3.8) is 0 Å². The summed E-state index contributed by atoms with van der Waals surface area (Å²) in [5.41, 5.74) is 9.79. The van der Waals surface area contributed by atoms with Gasteiger partial charge in [0.25, 0.3) is 0 Å². The average molecular weight is 455 g/mol. The topological polar surface area (TPSA) is 56.7 Å². The first-order valence-electron chi connectivity index (χ1n) is 6.27. The number of nitrogens with zero attached hydrogens (tertiary/aromatic N) is 3. The Morgan fingerprint density at radius 3 is 2.76 bits per heavy atom. The van der Waals surface area contributed by atoms with Crippen LogP contribution in [0.15, 0.2) is 47.1 Å². The van der Waals surface area contributed by atoms with Crippen LogP contribution in [0.25, 0.3) is 22.5 Å². The summed E-state index contributed by atoms with van der Waals surface area (Å²) in [7, 11) is 1.84. The van der Waals surface area contributed by atoms with Crippen LogP contribution < -0.4 is 5.73 Å². The number of hydrogen-bond acceptors (Lipinski definition) is 3. The van der Waals surface area contributed by atoms with Gasteiger partial charge in [0.2, 0.25) is 0 Å². The fourth-order valence-electron chi connectivity index (χ4n) is 2.17. The molecule has 1 aromatic carbocycles. The first-order chi connectivity index (χ1) is 10.1. The standard InChI is InChI=1S/C15H12BrIN4/c1-21-15(18)13(12-4-2-3-7-19-12)14(20-21)10-8-9(16)5-6-11(10)17/h2-8H,18H2,1H3. The quantitative estimate of drug-likeness (QED) is 0.593. The van der Waals surface area contributed by atoms with E-state index in [0.717, 1.165) is 30.6 Å². The predicted molar refractivity (Wildman–Crippen MR) is 96.7 cm³/mol. The number of aromatic nitrogens is 3. The maximum Gasteiger partial charge on any atom is 0.131 e. The molecule has 0 atom stereocenters. The lowest BCUT2D eigenvalue weighted by molar-refractivity contribution is 0.782. The smallest absolute Gasteiger partial charge is 0.131 e. The molecule has 0 aliphatic carbocycles. The Kier molecular flexibility index (Phi) is 3.99. The number of hydrogen-bond donors (Lipinski definition) is 1. The van der Waals surface area contributed by atoms with Gasteiger partial charge in [0.15, 0.2) is 0 Å². The van der Waals surface area contributed by atoms with Gasteiger partial charge in [-0.3, -0.25) is 9.67 Å². The van der Waals surface area contributed by atoms with E-state index in [0.29, 0.717) is 5.82 Å². The number of benzene rings is 1. The first-order valence-corrected chi connectivity index (χ1v) is 8.14. The Labute approximate surface area is 144 Å². The van der Waals surface area contributed by atoms with Crippen molar-refractivity contribution < 1.29 is 0 Å². The van der Waals surface area contributed by atoms with E-state index >= 15 is 0 Å². The Morgan fingerprint density at radius 2 is 2.05 bits per heavy atom. The zero-order valence-corrected chi connectivity index (χ0v) is 15.0. The monoisotopic (exact) mass is 454 g/mol. The molecule has 6 heteroatoms. The van der Waals surface area contributed by atoms with Crippen LogP contribution >= 0.6 is 38.5 Å². The van der Waals surface area contributed by atoms with Crippen molar-refractivity contribution in [2.75, 3.05) is 5.73 Å². The molecule has 0 fully saturated rings. The minimum Gasteiger partial charge on any atom is -0.383 e. The molecular formula is C15H12BrIN4. The third-order valence-electron chi connectivity index (χ3n) is 3.20. The maximum atomic E-state index is 6.21. The van der Waals surface area contributed by atoms with E-state index in [9.17, 15) is 0 Å². The molecular weight excluding hydrogens is 443 g/mol. The van der Waals surface area contributed by atoms with Gasteiger partial charge in [0.05, 0.1) is 11.3 Å². The molecule has 0 unspecified atom stereocenters. The number of halogens is 2. The molecule has 2 N–H and O–H groups in total. The number of pyridine rings is 1. The van der Waals surface area contributed by atoms with Crippen molar-refractivity contribution in [2.24, 2.45) is 7.05 Å². The van der Waals surface area contributed by atoms with Gasteiger partial charge < -0.3 is 5.73 Å². The fourth-order valence-corrected chi connectivity index (χ4v) is 3.12. The summed E-state index contributed by atoms with van der Waals surface area (Å²) in [6.07, 6.45) is 1.76. The van der Waals surface area contributed by atoms with Crippen LogP contribution in [-0.4, -0.2) is 14.8 Å². The summed E-state index contributed by atoms with van der Waals surface area (Å²) < 4.78 is 3.82. The van der Waals surface area contributed by atoms with Gasteiger partial charge in [-0.05, 0) is 52.9 Å². The van der Waals surface area contributed by atoms with Crippen LogP contribution in [0.5, 0.6) is 0 Å². The Balaban J connectivity index is 2.29. The molecule has 0 saturated carbocycles. The molecule has 4 nitrogen and oxygen atoms in total. The number of aryl methyl sites for hydroxylation is 1. The first kappa shape index (κ1) is 14.5. The van der Waals surface area contributed by atoms with E-state index in [2.05, 4.69) is 54.7 Å². The number of rotatable bonds is 2. The zero-order chi connectivity index (χ0) is 15.0. The third kappa shape index (κ3) is 2.69. The highest BCUT2D eigenvalue weighted by molar-refractivity contribution is 14.1. The minimum atomic E-state index is 0.611. The van der Waals surface area contributed by atoms with Gasteiger partial charge >= 0.3 is 0 Å². The average Bonchev–Trinajstić information content (AvgIpc) is 2.78. The summed E-state index contributed by atoms with van der Waals surface area (Å²) in [5.74, 6) is 0.611. The molecule has 0 radical (unpaired) electrons. The molecule has 2 aromatic heterocycles.